The van der Waals surface area contributed by atoms with Crippen molar-refractivity contribution in [1.82, 2.24) is 24.6 Å². The average Bonchev–Trinajstić information content (AvgIpc) is 3.41. The average molecular weight is 432 g/mol. The molecule has 2 unspecified atom stereocenters. The number of aromatic nitrogens is 4. The Hall–Kier alpha value is -3.75. The van der Waals surface area contributed by atoms with Crippen molar-refractivity contribution >= 4 is 17.5 Å². The van der Waals surface area contributed by atoms with E-state index in [1.807, 2.05) is 22.5 Å². The number of carbonyl (C=O) groups excluding carboxylic acids is 2. The zero-order valence-corrected chi connectivity index (χ0v) is 18.0. The number of nitrogens with one attached hydrogen (secondary N) is 1. The van der Waals surface area contributed by atoms with Crippen molar-refractivity contribution in [2.45, 2.75) is 19.9 Å². The van der Waals surface area contributed by atoms with Gasteiger partial charge in [0.1, 0.15) is 11.6 Å². The molecule has 0 spiro atoms. The van der Waals surface area contributed by atoms with Crippen LogP contribution in [0.2, 0.25) is 0 Å². The summed E-state index contributed by atoms with van der Waals surface area (Å²) in [6.45, 7) is 3.87. The molecule has 2 atom stereocenters. The van der Waals surface area contributed by atoms with Gasteiger partial charge in [0.25, 0.3) is 11.8 Å². The Morgan fingerprint density at radius 1 is 1.06 bits per heavy atom. The van der Waals surface area contributed by atoms with Crippen LogP contribution in [0, 0.1) is 18.8 Å². The van der Waals surface area contributed by atoms with Crippen molar-refractivity contribution in [2.75, 3.05) is 25.5 Å². The first kappa shape index (κ1) is 20.2. The highest BCUT2D eigenvalue weighted by atomic mass is 16.5. The molecule has 164 valence electrons. The molecule has 2 amide bonds. The Balaban J connectivity index is 1.29. The van der Waals surface area contributed by atoms with Crippen LogP contribution in [0.25, 0.3) is 0 Å². The molecular formula is C23H24N6O3. The molecule has 0 radical (unpaired) electrons. The lowest BCUT2D eigenvalue weighted by molar-refractivity contribution is 0.0782. The summed E-state index contributed by atoms with van der Waals surface area (Å²) >= 11 is 0. The number of hydrogen-bond donors (Lipinski definition) is 1. The summed E-state index contributed by atoms with van der Waals surface area (Å²) in [6.07, 6.45) is 4.06. The number of ether oxygens (including phenoxy) is 1. The smallest absolute Gasteiger partial charge is 0.293 e. The van der Waals surface area contributed by atoms with E-state index < -0.39 is 0 Å². The molecule has 0 bridgehead atoms. The van der Waals surface area contributed by atoms with Gasteiger partial charge in [0.2, 0.25) is 5.82 Å². The monoisotopic (exact) mass is 432 g/mol. The van der Waals surface area contributed by atoms with Crippen LogP contribution in [0.15, 0.2) is 42.7 Å². The second-order valence-electron chi connectivity index (χ2n) is 8.42. The SMILES string of the molecule is COc1ccc(NC(=O)c2nnc3n2CC2CN(C(=O)c4cncc(C)c4)CC2C3)cc1. The molecule has 1 N–H and O–H groups in total. The summed E-state index contributed by atoms with van der Waals surface area (Å²) in [7, 11) is 1.60. The van der Waals surface area contributed by atoms with Crippen LogP contribution >= 0.6 is 0 Å². The van der Waals surface area contributed by atoms with Gasteiger partial charge in [-0.3, -0.25) is 14.6 Å². The van der Waals surface area contributed by atoms with Crippen molar-refractivity contribution in [3.8, 4) is 5.75 Å². The molecule has 3 aromatic rings. The van der Waals surface area contributed by atoms with Gasteiger partial charge in [-0.1, -0.05) is 0 Å². The van der Waals surface area contributed by atoms with E-state index in [4.69, 9.17) is 4.74 Å². The number of methoxy groups -OCH3 is 1. The third kappa shape index (κ3) is 3.70. The van der Waals surface area contributed by atoms with Crippen LogP contribution in [-0.2, 0) is 13.0 Å². The lowest BCUT2D eigenvalue weighted by atomic mass is 9.89. The predicted molar refractivity (Wildman–Crippen MR) is 117 cm³/mol. The van der Waals surface area contributed by atoms with Crippen LogP contribution < -0.4 is 10.1 Å². The number of nitrogens with zero attached hydrogens (tertiary/aromatic N) is 5. The van der Waals surface area contributed by atoms with Gasteiger partial charge < -0.3 is 19.5 Å². The fourth-order valence-corrected chi connectivity index (χ4v) is 4.57. The number of pyridine rings is 1. The molecule has 2 aliphatic rings. The van der Waals surface area contributed by atoms with E-state index >= 15 is 0 Å². The van der Waals surface area contributed by atoms with Gasteiger partial charge in [-0.25, -0.2) is 0 Å². The third-order valence-electron chi connectivity index (χ3n) is 6.23. The molecule has 32 heavy (non-hydrogen) atoms. The van der Waals surface area contributed by atoms with Gasteiger partial charge >= 0.3 is 0 Å². The maximum Gasteiger partial charge on any atom is 0.293 e. The molecule has 1 aromatic carbocycles. The number of benzene rings is 1. The van der Waals surface area contributed by atoms with Gasteiger partial charge in [-0.15, -0.1) is 10.2 Å². The molecule has 9 nitrogen and oxygen atoms in total. The molecule has 0 saturated carbocycles. The zero-order valence-electron chi connectivity index (χ0n) is 18.0. The van der Waals surface area contributed by atoms with E-state index in [-0.39, 0.29) is 17.7 Å². The molecule has 4 heterocycles. The normalized spacial score (nSPS) is 19.2. The summed E-state index contributed by atoms with van der Waals surface area (Å²) in [6, 6.07) is 9.00. The predicted octanol–water partition coefficient (Wildman–Crippen LogP) is 2.19. The fraction of sp³-hybridized carbons (Fsp3) is 0.348. The number of aryl methyl sites for hydroxylation is 1. The van der Waals surface area contributed by atoms with Crippen molar-refractivity contribution in [1.29, 1.82) is 0 Å². The van der Waals surface area contributed by atoms with Crippen molar-refractivity contribution in [3.63, 3.8) is 0 Å². The van der Waals surface area contributed by atoms with Gasteiger partial charge in [-0.05, 0) is 54.7 Å². The second kappa shape index (κ2) is 8.07. The van der Waals surface area contributed by atoms with Crippen molar-refractivity contribution in [3.05, 3.63) is 65.5 Å². The molecule has 1 fully saturated rings. The fourth-order valence-electron chi connectivity index (χ4n) is 4.57. The largest absolute Gasteiger partial charge is 0.497 e. The number of anilines is 1. The highest BCUT2D eigenvalue weighted by Gasteiger charge is 2.40. The molecule has 1 saturated heterocycles. The summed E-state index contributed by atoms with van der Waals surface area (Å²) < 4.78 is 7.04. The van der Waals surface area contributed by atoms with E-state index in [1.165, 1.54) is 0 Å². The number of rotatable bonds is 4. The molecule has 2 aliphatic heterocycles. The Kier molecular flexibility index (Phi) is 5.08. The molecule has 5 rings (SSSR count). The molecule has 0 aliphatic carbocycles. The topological polar surface area (TPSA) is 102 Å². The van der Waals surface area contributed by atoms with Crippen molar-refractivity contribution in [2.24, 2.45) is 11.8 Å². The van der Waals surface area contributed by atoms with Crippen LogP contribution in [-0.4, -0.2) is 56.7 Å². The summed E-state index contributed by atoms with van der Waals surface area (Å²) in [5, 5.41) is 11.3. The summed E-state index contributed by atoms with van der Waals surface area (Å²) in [5.74, 6) is 2.07. The number of carbonyl (C=O) groups is 2. The van der Waals surface area contributed by atoms with Crippen LogP contribution in [0.5, 0.6) is 5.75 Å². The molecule has 2 aromatic heterocycles. The van der Waals surface area contributed by atoms with E-state index in [2.05, 4.69) is 20.5 Å². The summed E-state index contributed by atoms with van der Waals surface area (Å²) in [4.78, 5) is 31.8. The van der Waals surface area contributed by atoms with E-state index in [9.17, 15) is 9.59 Å². The minimum Gasteiger partial charge on any atom is -0.497 e. The van der Waals surface area contributed by atoms with E-state index in [0.717, 1.165) is 17.1 Å². The third-order valence-corrected chi connectivity index (χ3v) is 6.23. The van der Waals surface area contributed by atoms with Crippen LogP contribution in [0.4, 0.5) is 5.69 Å². The highest BCUT2D eigenvalue weighted by Crippen LogP contribution is 2.33. The minimum atomic E-state index is -0.302. The lowest BCUT2D eigenvalue weighted by Gasteiger charge is -2.25. The first-order valence-corrected chi connectivity index (χ1v) is 10.6. The Labute approximate surface area is 185 Å². The van der Waals surface area contributed by atoms with Gasteiger partial charge in [0, 0.05) is 44.1 Å². The standard InChI is InChI=1S/C23H24N6O3/c1-14-7-15(10-24-9-14)23(31)28-11-16-8-20-26-27-21(29(20)13-17(16)12-28)22(30)25-18-3-5-19(32-2)6-4-18/h3-7,9-10,16-17H,8,11-13H2,1-2H3,(H,25,30). The maximum atomic E-state index is 13.0. The van der Waals surface area contributed by atoms with Crippen LogP contribution in [0.1, 0.15) is 32.4 Å². The number of amides is 2. The number of likely N-dealkylation sites (tertiary alicyclic amines) is 1. The number of fused-ring (bicyclic) bond motifs is 2. The Bertz CT molecular complexity index is 1170. The Morgan fingerprint density at radius 3 is 2.59 bits per heavy atom. The van der Waals surface area contributed by atoms with Crippen molar-refractivity contribution < 1.29 is 14.3 Å². The van der Waals surface area contributed by atoms with Gasteiger partial charge in [0.05, 0.1) is 12.7 Å². The second-order valence-corrected chi connectivity index (χ2v) is 8.42. The van der Waals surface area contributed by atoms with E-state index in [1.54, 1.807) is 43.8 Å². The highest BCUT2D eigenvalue weighted by molar-refractivity contribution is 6.01. The minimum absolute atomic E-state index is 0.00355. The molecule has 9 heteroatoms. The van der Waals surface area contributed by atoms with Gasteiger partial charge in [-0.2, -0.15) is 0 Å². The first-order chi connectivity index (χ1) is 15.5. The Morgan fingerprint density at radius 2 is 1.84 bits per heavy atom. The van der Waals surface area contributed by atoms with E-state index in [0.29, 0.717) is 49.0 Å². The summed E-state index contributed by atoms with van der Waals surface area (Å²) in [5.41, 5.74) is 2.24. The molecular weight excluding hydrogens is 408 g/mol. The van der Waals surface area contributed by atoms with Gasteiger partial charge in [0.15, 0.2) is 0 Å². The quantitative estimate of drug-likeness (QED) is 0.678. The van der Waals surface area contributed by atoms with Crippen LogP contribution in [0.3, 0.4) is 0 Å². The first-order valence-electron chi connectivity index (χ1n) is 10.6. The maximum absolute atomic E-state index is 13.0. The number of hydrogen-bond acceptors (Lipinski definition) is 6. The lowest BCUT2D eigenvalue weighted by Crippen LogP contribution is -2.31. The zero-order chi connectivity index (χ0) is 22.2.